The fourth-order valence-electron chi connectivity index (χ4n) is 4.57. The minimum Gasteiger partial charge on any atom is -0.491 e. The Hall–Kier alpha value is -3.52. The maximum Gasteiger partial charge on any atom is 0.176 e. The van der Waals surface area contributed by atoms with Crippen LogP contribution in [0.1, 0.15) is 48.3 Å². The third-order valence-electron chi connectivity index (χ3n) is 6.46. The van der Waals surface area contributed by atoms with Gasteiger partial charge in [0.25, 0.3) is 0 Å². The predicted molar refractivity (Wildman–Crippen MR) is 124 cm³/mol. The first-order valence-electron chi connectivity index (χ1n) is 11.5. The van der Waals surface area contributed by atoms with Crippen LogP contribution in [0, 0.1) is 0 Å². The highest BCUT2D eigenvalue weighted by molar-refractivity contribution is 5.56. The average molecular weight is 442 g/mol. The van der Waals surface area contributed by atoms with E-state index in [9.17, 15) is 0 Å². The first-order chi connectivity index (χ1) is 16.1. The highest BCUT2D eigenvalue weighted by atomic mass is 16.5. The van der Waals surface area contributed by atoms with Crippen molar-refractivity contribution in [3.05, 3.63) is 71.4 Å². The fraction of sp³-hybridized carbons (Fsp3) is 0.360. The molecule has 2 aliphatic rings. The van der Waals surface area contributed by atoms with Gasteiger partial charge < -0.3 is 4.74 Å². The van der Waals surface area contributed by atoms with Crippen molar-refractivity contribution in [2.45, 2.75) is 38.6 Å². The van der Waals surface area contributed by atoms with Crippen molar-refractivity contribution in [1.82, 2.24) is 34.8 Å². The second-order valence-electron chi connectivity index (χ2n) is 9.20. The molecule has 1 saturated heterocycles. The Morgan fingerprint density at radius 2 is 1.97 bits per heavy atom. The normalized spacial score (nSPS) is 16.1. The largest absolute Gasteiger partial charge is 0.491 e. The Morgan fingerprint density at radius 1 is 1.12 bits per heavy atom. The molecule has 8 nitrogen and oxygen atoms in total. The Morgan fingerprint density at radius 3 is 2.76 bits per heavy atom. The van der Waals surface area contributed by atoms with Gasteiger partial charge >= 0.3 is 0 Å². The van der Waals surface area contributed by atoms with Crippen molar-refractivity contribution in [1.29, 1.82) is 0 Å². The second kappa shape index (κ2) is 8.12. The molecule has 168 valence electrons. The van der Waals surface area contributed by atoms with Gasteiger partial charge in [0, 0.05) is 56.0 Å². The molecule has 4 aromatic rings. The molecule has 0 unspecified atom stereocenters. The smallest absolute Gasteiger partial charge is 0.176 e. The Balaban J connectivity index is 1.25. The molecule has 0 spiro atoms. The van der Waals surface area contributed by atoms with Gasteiger partial charge in [0.2, 0.25) is 0 Å². The SMILES string of the molecule is CC(C)c1n[nH]c(-c2cc3n(n2)-c2cc(C4CN(Cc5ccncc5)C4)ccc2OCC3)n1. The van der Waals surface area contributed by atoms with Crippen LogP contribution in [0.3, 0.4) is 0 Å². The number of ether oxygens (including phenoxy) is 1. The lowest BCUT2D eigenvalue weighted by Crippen LogP contribution is -2.44. The lowest BCUT2D eigenvalue weighted by Gasteiger charge is -2.39. The van der Waals surface area contributed by atoms with Crippen molar-refractivity contribution in [2.75, 3.05) is 19.7 Å². The van der Waals surface area contributed by atoms with Crippen LogP contribution in [0.5, 0.6) is 5.75 Å². The summed E-state index contributed by atoms with van der Waals surface area (Å²) in [6.45, 7) is 7.88. The maximum absolute atomic E-state index is 6.04. The zero-order valence-electron chi connectivity index (χ0n) is 18.9. The summed E-state index contributed by atoms with van der Waals surface area (Å²) in [5.41, 5.74) is 5.57. The number of rotatable bonds is 5. The van der Waals surface area contributed by atoms with Gasteiger partial charge in [-0.25, -0.2) is 9.67 Å². The van der Waals surface area contributed by atoms with Crippen LogP contribution >= 0.6 is 0 Å². The van der Waals surface area contributed by atoms with Crippen molar-refractivity contribution in [3.63, 3.8) is 0 Å². The molecule has 1 N–H and O–H groups in total. The predicted octanol–water partition coefficient (Wildman–Crippen LogP) is 3.71. The van der Waals surface area contributed by atoms with E-state index in [0.29, 0.717) is 18.3 Å². The maximum atomic E-state index is 6.04. The number of nitrogens with one attached hydrogen (secondary N) is 1. The van der Waals surface area contributed by atoms with Gasteiger partial charge in [-0.2, -0.15) is 10.2 Å². The van der Waals surface area contributed by atoms with E-state index in [-0.39, 0.29) is 5.92 Å². The summed E-state index contributed by atoms with van der Waals surface area (Å²) in [7, 11) is 0. The molecule has 5 heterocycles. The van der Waals surface area contributed by atoms with Gasteiger partial charge in [0.1, 0.15) is 17.1 Å². The molecule has 2 aliphatic heterocycles. The molecule has 0 bridgehead atoms. The number of hydrogen-bond acceptors (Lipinski definition) is 6. The first kappa shape index (κ1) is 20.1. The highest BCUT2D eigenvalue weighted by Crippen LogP contribution is 2.35. The minimum atomic E-state index is 0.271. The molecule has 0 aliphatic carbocycles. The number of aromatic nitrogens is 6. The highest BCUT2D eigenvalue weighted by Gasteiger charge is 2.29. The van der Waals surface area contributed by atoms with Crippen LogP contribution in [0.4, 0.5) is 0 Å². The first-order valence-corrected chi connectivity index (χ1v) is 11.5. The summed E-state index contributed by atoms with van der Waals surface area (Å²) in [4.78, 5) is 11.2. The number of benzene rings is 1. The van der Waals surface area contributed by atoms with Crippen molar-refractivity contribution in [2.24, 2.45) is 0 Å². The summed E-state index contributed by atoms with van der Waals surface area (Å²) in [5, 5.41) is 12.3. The van der Waals surface area contributed by atoms with Crippen LogP contribution in [0.25, 0.3) is 17.2 Å². The molecule has 6 rings (SSSR count). The molecule has 0 atom stereocenters. The number of aromatic amines is 1. The standard InChI is InChI=1S/C25H27N7O/c1-16(2)24-27-25(29-28-24)21-12-20-7-10-33-23-4-3-18(11-22(23)32(20)30-21)19-14-31(15-19)13-17-5-8-26-9-6-17/h3-6,8-9,11-12,16,19H,7,10,13-15H2,1-2H3,(H,27,28,29). The van der Waals surface area contributed by atoms with Crippen molar-refractivity contribution < 1.29 is 4.74 Å². The van der Waals surface area contributed by atoms with E-state index >= 15 is 0 Å². The van der Waals surface area contributed by atoms with Gasteiger partial charge in [0.05, 0.1) is 6.61 Å². The van der Waals surface area contributed by atoms with E-state index in [0.717, 1.165) is 54.7 Å². The molecular formula is C25H27N7O. The van der Waals surface area contributed by atoms with E-state index in [1.807, 2.05) is 17.1 Å². The molecular weight excluding hydrogens is 414 g/mol. The van der Waals surface area contributed by atoms with E-state index in [1.54, 1.807) is 0 Å². The lowest BCUT2D eigenvalue weighted by atomic mass is 9.90. The third-order valence-corrected chi connectivity index (χ3v) is 6.46. The monoisotopic (exact) mass is 441 g/mol. The second-order valence-corrected chi connectivity index (χ2v) is 9.20. The van der Waals surface area contributed by atoms with Gasteiger partial charge in [-0.3, -0.25) is 15.0 Å². The van der Waals surface area contributed by atoms with Gasteiger partial charge in [0.15, 0.2) is 11.6 Å². The molecule has 0 saturated carbocycles. The fourth-order valence-corrected chi connectivity index (χ4v) is 4.57. The number of pyridine rings is 1. The summed E-state index contributed by atoms with van der Waals surface area (Å²) in [6.07, 6.45) is 4.51. The number of H-pyrrole nitrogens is 1. The van der Waals surface area contributed by atoms with Crippen LogP contribution in [0.2, 0.25) is 0 Å². The summed E-state index contributed by atoms with van der Waals surface area (Å²) >= 11 is 0. The van der Waals surface area contributed by atoms with Gasteiger partial charge in [-0.05, 0) is 41.5 Å². The third kappa shape index (κ3) is 3.80. The molecule has 33 heavy (non-hydrogen) atoms. The van der Waals surface area contributed by atoms with Crippen LogP contribution in [-0.4, -0.2) is 54.5 Å². The zero-order chi connectivity index (χ0) is 22.4. The molecule has 8 heteroatoms. The number of fused-ring (bicyclic) bond motifs is 3. The number of likely N-dealkylation sites (tertiary alicyclic amines) is 1. The Kier molecular flexibility index (Phi) is 4.95. The molecule has 0 amide bonds. The summed E-state index contributed by atoms with van der Waals surface area (Å²) in [6, 6.07) is 12.8. The Labute approximate surface area is 192 Å². The molecule has 1 fully saturated rings. The summed E-state index contributed by atoms with van der Waals surface area (Å²) < 4.78 is 8.06. The van der Waals surface area contributed by atoms with E-state index in [4.69, 9.17) is 9.84 Å². The summed E-state index contributed by atoms with van der Waals surface area (Å²) in [5.74, 6) is 3.18. The van der Waals surface area contributed by atoms with E-state index in [1.165, 1.54) is 11.1 Å². The van der Waals surface area contributed by atoms with Crippen LogP contribution in [-0.2, 0) is 13.0 Å². The number of hydrogen-bond donors (Lipinski definition) is 1. The van der Waals surface area contributed by atoms with Gasteiger partial charge in [-0.1, -0.05) is 19.9 Å². The van der Waals surface area contributed by atoms with E-state index in [2.05, 4.69) is 75.3 Å². The van der Waals surface area contributed by atoms with Crippen molar-refractivity contribution in [3.8, 4) is 23.0 Å². The average Bonchev–Trinajstić information content (AvgIpc) is 3.42. The van der Waals surface area contributed by atoms with Crippen LogP contribution < -0.4 is 4.74 Å². The minimum absolute atomic E-state index is 0.271. The van der Waals surface area contributed by atoms with Gasteiger partial charge in [-0.15, -0.1) is 0 Å². The topological polar surface area (TPSA) is 84.8 Å². The van der Waals surface area contributed by atoms with Crippen molar-refractivity contribution >= 4 is 0 Å². The van der Waals surface area contributed by atoms with Crippen LogP contribution in [0.15, 0.2) is 48.8 Å². The number of nitrogens with zero attached hydrogens (tertiary/aromatic N) is 6. The molecule has 0 radical (unpaired) electrons. The quantitative estimate of drug-likeness (QED) is 0.508. The Bertz CT molecular complexity index is 1270. The zero-order valence-corrected chi connectivity index (χ0v) is 18.9. The molecule has 3 aromatic heterocycles. The lowest BCUT2D eigenvalue weighted by molar-refractivity contribution is 0.139. The molecule has 1 aromatic carbocycles. The van der Waals surface area contributed by atoms with E-state index < -0.39 is 0 Å².